The first-order valence-electron chi connectivity index (χ1n) is 6.69. The summed E-state index contributed by atoms with van der Waals surface area (Å²) in [6, 6.07) is 10.6. The fourth-order valence-electron chi connectivity index (χ4n) is 1.93. The molecule has 0 radical (unpaired) electrons. The van der Waals surface area contributed by atoms with E-state index in [-0.39, 0.29) is 10.6 Å². The van der Waals surface area contributed by atoms with Crippen LogP contribution in [0.3, 0.4) is 0 Å². The molecule has 2 aromatic carbocycles. The Balaban J connectivity index is 2.05. The second-order valence-electron chi connectivity index (χ2n) is 4.55. The lowest BCUT2D eigenvalue weighted by atomic mass is 10.2. The summed E-state index contributed by atoms with van der Waals surface area (Å²) in [6.45, 7) is 3.14. The number of benzene rings is 2. The van der Waals surface area contributed by atoms with Crippen LogP contribution in [-0.2, 0) is 6.54 Å². The Morgan fingerprint density at radius 3 is 2.68 bits per heavy atom. The minimum Gasteiger partial charge on any atom is -0.493 e. The summed E-state index contributed by atoms with van der Waals surface area (Å²) >= 11 is 9.41. The summed E-state index contributed by atoms with van der Waals surface area (Å²) in [7, 11) is 0. The van der Waals surface area contributed by atoms with Crippen molar-refractivity contribution in [3.05, 3.63) is 57.0 Å². The van der Waals surface area contributed by atoms with Gasteiger partial charge in [0.25, 0.3) is 0 Å². The maximum Gasteiger partial charge on any atom is 0.337 e. The van der Waals surface area contributed by atoms with Crippen LogP contribution >= 0.6 is 27.5 Å². The predicted octanol–water partition coefficient (Wildman–Crippen LogP) is 4.81. The van der Waals surface area contributed by atoms with Gasteiger partial charge in [0.1, 0.15) is 5.75 Å². The van der Waals surface area contributed by atoms with Crippen LogP contribution in [0.1, 0.15) is 22.8 Å². The largest absolute Gasteiger partial charge is 0.493 e. The van der Waals surface area contributed by atoms with Crippen molar-refractivity contribution in [1.29, 1.82) is 0 Å². The van der Waals surface area contributed by atoms with Crippen molar-refractivity contribution < 1.29 is 14.6 Å². The molecule has 0 fully saturated rings. The molecule has 0 unspecified atom stereocenters. The highest BCUT2D eigenvalue weighted by Gasteiger charge is 2.09. The van der Waals surface area contributed by atoms with Gasteiger partial charge < -0.3 is 15.2 Å². The number of hydrogen-bond acceptors (Lipinski definition) is 3. The zero-order valence-electron chi connectivity index (χ0n) is 11.9. The quantitative estimate of drug-likeness (QED) is 0.750. The van der Waals surface area contributed by atoms with Crippen molar-refractivity contribution in [3.8, 4) is 5.75 Å². The van der Waals surface area contributed by atoms with E-state index in [1.807, 2.05) is 25.1 Å². The van der Waals surface area contributed by atoms with Crippen LogP contribution in [0.2, 0.25) is 5.02 Å². The zero-order chi connectivity index (χ0) is 16.1. The molecule has 6 heteroatoms. The molecular weight excluding hydrogens is 370 g/mol. The van der Waals surface area contributed by atoms with E-state index >= 15 is 0 Å². The molecule has 0 aliphatic heterocycles. The van der Waals surface area contributed by atoms with Crippen LogP contribution in [0.5, 0.6) is 5.75 Å². The van der Waals surface area contributed by atoms with Crippen molar-refractivity contribution in [2.24, 2.45) is 0 Å². The molecule has 0 saturated carbocycles. The molecule has 2 N–H and O–H groups in total. The summed E-state index contributed by atoms with van der Waals surface area (Å²) in [4.78, 5) is 10.9. The van der Waals surface area contributed by atoms with Crippen molar-refractivity contribution in [1.82, 2.24) is 0 Å². The Labute approximate surface area is 142 Å². The lowest BCUT2D eigenvalue weighted by molar-refractivity contribution is 0.0697. The Hall–Kier alpha value is -1.72. The van der Waals surface area contributed by atoms with E-state index in [2.05, 4.69) is 21.2 Å². The van der Waals surface area contributed by atoms with E-state index in [1.54, 1.807) is 12.1 Å². The monoisotopic (exact) mass is 383 g/mol. The number of anilines is 1. The minimum atomic E-state index is -1.04. The maximum atomic E-state index is 10.9. The van der Waals surface area contributed by atoms with Crippen LogP contribution in [0.15, 0.2) is 40.9 Å². The lowest BCUT2D eigenvalue weighted by Gasteiger charge is -2.10. The number of carboxylic acids is 1. The predicted molar refractivity (Wildman–Crippen MR) is 91.0 cm³/mol. The first kappa shape index (κ1) is 16.6. The minimum absolute atomic E-state index is 0.0935. The van der Waals surface area contributed by atoms with Gasteiger partial charge in [0, 0.05) is 12.2 Å². The standard InChI is InChI=1S/C16H15BrClNO3/c1-2-22-15-6-3-10(7-13(15)17)9-19-11-4-5-12(16(20)21)14(18)8-11/h3-8,19H,2,9H2,1H3,(H,20,21). The highest BCUT2D eigenvalue weighted by molar-refractivity contribution is 9.10. The molecule has 4 nitrogen and oxygen atoms in total. The lowest BCUT2D eigenvalue weighted by Crippen LogP contribution is -2.02. The number of rotatable bonds is 6. The average molecular weight is 385 g/mol. The van der Waals surface area contributed by atoms with E-state index in [0.29, 0.717) is 13.2 Å². The highest BCUT2D eigenvalue weighted by atomic mass is 79.9. The summed E-state index contributed by atoms with van der Waals surface area (Å²) in [6.07, 6.45) is 0. The van der Waals surface area contributed by atoms with Gasteiger partial charge >= 0.3 is 5.97 Å². The third-order valence-corrected chi connectivity index (χ3v) is 3.92. The number of carboxylic acid groups (broad SMARTS) is 1. The Morgan fingerprint density at radius 2 is 2.09 bits per heavy atom. The van der Waals surface area contributed by atoms with Crippen LogP contribution in [-0.4, -0.2) is 17.7 Å². The van der Waals surface area contributed by atoms with Gasteiger partial charge in [0.05, 0.1) is 21.7 Å². The van der Waals surface area contributed by atoms with Gasteiger partial charge in [-0.25, -0.2) is 4.79 Å². The zero-order valence-corrected chi connectivity index (χ0v) is 14.2. The summed E-state index contributed by atoms with van der Waals surface area (Å²) in [5, 5.41) is 12.4. The number of halogens is 2. The van der Waals surface area contributed by atoms with Crippen molar-refractivity contribution in [2.45, 2.75) is 13.5 Å². The smallest absolute Gasteiger partial charge is 0.337 e. The molecule has 0 aliphatic rings. The molecule has 0 atom stereocenters. The number of carbonyl (C=O) groups is 1. The second-order valence-corrected chi connectivity index (χ2v) is 5.81. The SMILES string of the molecule is CCOc1ccc(CNc2ccc(C(=O)O)c(Cl)c2)cc1Br. The number of nitrogens with one attached hydrogen (secondary N) is 1. The van der Waals surface area contributed by atoms with Gasteiger partial charge in [0.2, 0.25) is 0 Å². The van der Waals surface area contributed by atoms with Gasteiger partial charge in [-0.1, -0.05) is 17.7 Å². The third-order valence-electron chi connectivity index (χ3n) is 2.99. The van der Waals surface area contributed by atoms with Crippen LogP contribution < -0.4 is 10.1 Å². The second kappa shape index (κ2) is 7.51. The molecule has 0 amide bonds. The van der Waals surface area contributed by atoms with Crippen LogP contribution in [0.25, 0.3) is 0 Å². The first-order valence-corrected chi connectivity index (χ1v) is 7.86. The van der Waals surface area contributed by atoms with E-state index in [1.165, 1.54) is 6.07 Å². The Morgan fingerprint density at radius 1 is 1.32 bits per heavy atom. The van der Waals surface area contributed by atoms with Crippen molar-refractivity contribution >= 4 is 39.2 Å². The van der Waals surface area contributed by atoms with Gasteiger partial charge in [0.15, 0.2) is 0 Å². The highest BCUT2D eigenvalue weighted by Crippen LogP contribution is 2.27. The molecule has 2 rings (SSSR count). The van der Waals surface area contributed by atoms with Gasteiger partial charge in [-0.3, -0.25) is 0 Å². The van der Waals surface area contributed by atoms with Gasteiger partial charge in [-0.2, -0.15) is 0 Å². The van der Waals surface area contributed by atoms with E-state index in [9.17, 15) is 4.79 Å². The first-order chi connectivity index (χ1) is 10.5. The van der Waals surface area contributed by atoms with Crippen molar-refractivity contribution in [2.75, 3.05) is 11.9 Å². The fourth-order valence-corrected chi connectivity index (χ4v) is 2.73. The molecule has 0 aromatic heterocycles. The molecule has 0 aliphatic carbocycles. The average Bonchev–Trinajstić information content (AvgIpc) is 2.47. The van der Waals surface area contributed by atoms with Crippen LogP contribution in [0.4, 0.5) is 5.69 Å². The fraction of sp³-hybridized carbons (Fsp3) is 0.188. The maximum absolute atomic E-state index is 10.9. The topological polar surface area (TPSA) is 58.6 Å². The number of aromatic carboxylic acids is 1. The molecule has 0 heterocycles. The van der Waals surface area contributed by atoms with E-state index in [0.717, 1.165) is 21.5 Å². The molecule has 0 spiro atoms. The Bertz CT molecular complexity index is 691. The molecular formula is C16H15BrClNO3. The molecule has 116 valence electrons. The van der Waals surface area contributed by atoms with Crippen LogP contribution in [0, 0.1) is 0 Å². The Kier molecular flexibility index (Phi) is 5.69. The molecule has 0 bridgehead atoms. The molecule has 0 saturated heterocycles. The number of hydrogen-bond donors (Lipinski definition) is 2. The molecule has 22 heavy (non-hydrogen) atoms. The van der Waals surface area contributed by atoms with Crippen molar-refractivity contribution in [3.63, 3.8) is 0 Å². The summed E-state index contributed by atoms with van der Waals surface area (Å²) in [5.41, 5.74) is 1.92. The number of ether oxygens (including phenoxy) is 1. The third kappa shape index (κ3) is 4.15. The summed E-state index contributed by atoms with van der Waals surface area (Å²) in [5.74, 6) is -0.230. The van der Waals surface area contributed by atoms with Gasteiger partial charge in [-0.05, 0) is 58.7 Å². The molecule has 2 aromatic rings. The van der Waals surface area contributed by atoms with E-state index in [4.69, 9.17) is 21.4 Å². The van der Waals surface area contributed by atoms with E-state index < -0.39 is 5.97 Å². The summed E-state index contributed by atoms with van der Waals surface area (Å²) < 4.78 is 6.36. The van der Waals surface area contributed by atoms with Gasteiger partial charge in [-0.15, -0.1) is 0 Å². The normalized spacial score (nSPS) is 10.3.